The number of halogens is 3. The molecule has 19 heavy (non-hydrogen) atoms. The van der Waals surface area contributed by atoms with Gasteiger partial charge in [-0.3, -0.25) is 0 Å². The summed E-state index contributed by atoms with van der Waals surface area (Å²) in [4.78, 5) is 16.0. The average molecular weight is 274 g/mol. The highest BCUT2D eigenvalue weighted by atomic mass is 19.4. The third kappa shape index (κ3) is 2.30. The van der Waals surface area contributed by atoms with Crippen LogP contribution in [0.1, 0.15) is 16.2 Å². The zero-order valence-electron chi connectivity index (χ0n) is 9.93. The minimum absolute atomic E-state index is 0.170. The van der Waals surface area contributed by atoms with Crippen molar-refractivity contribution in [3.05, 3.63) is 23.5 Å². The first kappa shape index (κ1) is 13.1. The van der Waals surface area contributed by atoms with Crippen molar-refractivity contribution in [1.29, 1.82) is 0 Å². The van der Waals surface area contributed by atoms with E-state index in [1.807, 2.05) is 0 Å². The molecule has 0 aliphatic carbocycles. The molecule has 2 heterocycles. The zero-order chi connectivity index (χ0) is 14.4. The first-order valence-corrected chi connectivity index (χ1v) is 5.09. The van der Waals surface area contributed by atoms with Gasteiger partial charge in [-0.05, 0) is 0 Å². The Bertz CT molecular complexity index is 648. The van der Waals surface area contributed by atoms with Crippen LogP contribution in [0.15, 0.2) is 12.1 Å². The van der Waals surface area contributed by atoms with Crippen molar-refractivity contribution in [3.8, 4) is 0 Å². The minimum Gasteiger partial charge on any atom is -0.477 e. The molecule has 0 amide bonds. The van der Waals surface area contributed by atoms with Gasteiger partial charge in [-0.25, -0.2) is 9.78 Å². The van der Waals surface area contributed by atoms with Gasteiger partial charge in [-0.15, -0.1) is 0 Å². The molecule has 6 nitrogen and oxygen atoms in total. The highest BCUT2D eigenvalue weighted by molar-refractivity contribution is 5.87. The van der Waals surface area contributed by atoms with Crippen molar-refractivity contribution in [1.82, 2.24) is 14.6 Å². The number of carbonyl (C=O) groups is 1. The van der Waals surface area contributed by atoms with Crippen molar-refractivity contribution in [2.24, 2.45) is 0 Å². The number of aromatic carboxylic acids is 1. The maximum atomic E-state index is 12.6. The van der Waals surface area contributed by atoms with Crippen molar-refractivity contribution in [2.45, 2.75) is 6.18 Å². The molecule has 2 rings (SSSR count). The first-order chi connectivity index (χ1) is 8.70. The van der Waals surface area contributed by atoms with Crippen LogP contribution in [0.5, 0.6) is 0 Å². The highest BCUT2D eigenvalue weighted by Crippen LogP contribution is 2.29. The van der Waals surface area contributed by atoms with Gasteiger partial charge in [0, 0.05) is 26.2 Å². The second-order valence-corrected chi connectivity index (χ2v) is 4.00. The van der Waals surface area contributed by atoms with E-state index in [0.717, 1.165) is 10.6 Å². The van der Waals surface area contributed by atoms with Gasteiger partial charge in [-0.1, -0.05) is 0 Å². The molecule has 0 fully saturated rings. The van der Waals surface area contributed by atoms with E-state index in [9.17, 15) is 18.0 Å². The summed E-state index contributed by atoms with van der Waals surface area (Å²) in [7, 11) is 3.13. The van der Waals surface area contributed by atoms with Crippen LogP contribution in [0, 0.1) is 0 Å². The fourth-order valence-corrected chi connectivity index (χ4v) is 1.53. The van der Waals surface area contributed by atoms with Gasteiger partial charge < -0.3 is 10.0 Å². The van der Waals surface area contributed by atoms with E-state index < -0.39 is 17.8 Å². The molecule has 2 aromatic heterocycles. The molecule has 0 aliphatic rings. The van der Waals surface area contributed by atoms with E-state index in [2.05, 4.69) is 10.1 Å². The number of nitrogens with zero attached hydrogens (tertiary/aromatic N) is 4. The monoisotopic (exact) mass is 274 g/mol. The van der Waals surface area contributed by atoms with Gasteiger partial charge in [0.1, 0.15) is 5.82 Å². The molecular formula is C10H9F3N4O2. The summed E-state index contributed by atoms with van der Waals surface area (Å²) in [5, 5.41) is 12.3. The molecule has 102 valence electrons. The van der Waals surface area contributed by atoms with Gasteiger partial charge in [0.05, 0.1) is 0 Å². The Morgan fingerprint density at radius 2 is 2.00 bits per heavy atom. The number of hydrogen-bond donors (Lipinski definition) is 1. The summed E-state index contributed by atoms with van der Waals surface area (Å²) in [5.41, 5.74) is -1.63. The predicted molar refractivity (Wildman–Crippen MR) is 59.3 cm³/mol. The number of hydrogen-bond acceptors (Lipinski definition) is 4. The van der Waals surface area contributed by atoms with Crippen molar-refractivity contribution >= 4 is 17.4 Å². The molecule has 0 atom stereocenters. The maximum absolute atomic E-state index is 12.6. The van der Waals surface area contributed by atoms with E-state index in [4.69, 9.17) is 5.11 Å². The summed E-state index contributed by atoms with van der Waals surface area (Å²) < 4.78 is 38.7. The lowest BCUT2D eigenvalue weighted by atomic mass is 10.3. The van der Waals surface area contributed by atoms with Crippen LogP contribution in [0.4, 0.5) is 19.0 Å². The summed E-state index contributed by atoms with van der Waals surface area (Å²) in [6.07, 6.45) is -4.61. The summed E-state index contributed by atoms with van der Waals surface area (Å²) >= 11 is 0. The van der Waals surface area contributed by atoms with Crippen LogP contribution >= 0.6 is 0 Å². The van der Waals surface area contributed by atoms with Crippen LogP contribution in [0.25, 0.3) is 5.65 Å². The van der Waals surface area contributed by atoms with Gasteiger partial charge in [-0.2, -0.15) is 22.8 Å². The largest absolute Gasteiger partial charge is 0.477 e. The molecule has 0 saturated carbocycles. The van der Waals surface area contributed by atoms with E-state index in [-0.39, 0.29) is 17.2 Å². The Hall–Kier alpha value is -2.32. The fraction of sp³-hybridized carbons (Fsp3) is 0.300. The molecule has 0 aliphatic heterocycles. The number of rotatable bonds is 2. The molecule has 0 unspecified atom stereocenters. The zero-order valence-corrected chi connectivity index (χ0v) is 9.93. The van der Waals surface area contributed by atoms with Gasteiger partial charge in [0.15, 0.2) is 17.0 Å². The van der Waals surface area contributed by atoms with Crippen LogP contribution in [0.3, 0.4) is 0 Å². The number of anilines is 1. The van der Waals surface area contributed by atoms with E-state index in [0.29, 0.717) is 6.07 Å². The molecule has 0 radical (unpaired) electrons. The van der Waals surface area contributed by atoms with Gasteiger partial charge in [0.2, 0.25) is 0 Å². The number of fused-ring (bicyclic) bond motifs is 1. The molecule has 1 N–H and O–H groups in total. The third-order valence-corrected chi connectivity index (χ3v) is 2.38. The fourth-order valence-electron chi connectivity index (χ4n) is 1.53. The first-order valence-electron chi connectivity index (χ1n) is 5.09. The van der Waals surface area contributed by atoms with Crippen LogP contribution in [-0.2, 0) is 6.18 Å². The number of carboxylic acids is 1. The predicted octanol–water partition coefficient (Wildman–Crippen LogP) is 1.51. The Morgan fingerprint density at radius 1 is 1.37 bits per heavy atom. The van der Waals surface area contributed by atoms with Gasteiger partial charge >= 0.3 is 12.1 Å². The van der Waals surface area contributed by atoms with E-state index >= 15 is 0 Å². The standard InChI is InChI=1S/C10H9F3N4O2/c1-16(2)8-3-5(9(18)19)14-7-4-6(10(11,12)13)15-17(7)8/h3-4H,1-2H3,(H,18,19). The molecular weight excluding hydrogens is 265 g/mol. The molecule has 0 spiro atoms. The molecule has 9 heteroatoms. The second-order valence-electron chi connectivity index (χ2n) is 4.00. The Balaban J connectivity index is 2.75. The SMILES string of the molecule is CN(C)c1cc(C(=O)O)nc2cc(C(F)(F)F)nn12. The van der Waals surface area contributed by atoms with E-state index in [1.165, 1.54) is 4.90 Å². The number of carboxylic acid groups (broad SMARTS) is 1. The normalized spacial score (nSPS) is 11.8. The molecule has 0 bridgehead atoms. The van der Waals surface area contributed by atoms with E-state index in [1.54, 1.807) is 14.1 Å². The lowest BCUT2D eigenvalue weighted by Crippen LogP contribution is -2.16. The van der Waals surface area contributed by atoms with Crippen molar-refractivity contribution in [3.63, 3.8) is 0 Å². The lowest BCUT2D eigenvalue weighted by molar-refractivity contribution is -0.141. The number of alkyl halides is 3. The lowest BCUT2D eigenvalue weighted by Gasteiger charge is -2.14. The van der Waals surface area contributed by atoms with Crippen LogP contribution in [-0.4, -0.2) is 39.8 Å². The van der Waals surface area contributed by atoms with Crippen LogP contribution in [0.2, 0.25) is 0 Å². The molecule has 0 aromatic carbocycles. The summed E-state index contributed by atoms with van der Waals surface area (Å²) in [6, 6.07) is 1.86. The molecule has 2 aromatic rings. The second kappa shape index (κ2) is 4.11. The smallest absolute Gasteiger partial charge is 0.435 e. The minimum atomic E-state index is -4.61. The van der Waals surface area contributed by atoms with Crippen molar-refractivity contribution < 1.29 is 23.1 Å². The summed E-state index contributed by atoms with van der Waals surface area (Å²) in [5.74, 6) is -1.13. The van der Waals surface area contributed by atoms with Crippen LogP contribution < -0.4 is 4.90 Å². The maximum Gasteiger partial charge on any atom is 0.435 e. The Kier molecular flexibility index (Phi) is 2.84. The van der Waals surface area contributed by atoms with Gasteiger partial charge in [0.25, 0.3) is 0 Å². The quantitative estimate of drug-likeness (QED) is 0.898. The van der Waals surface area contributed by atoms with Crippen molar-refractivity contribution in [2.75, 3.05) is 19.0 Å². The summed E-state index contributed by atoms with van der Waals surface area (Å²) in [6.45, 7) is 0. The third-order valence-electron chi connectivity index (χ3n) is 2.38. The molecule has 0 saturated heterocycles. The number of aromatic nitrogens is 3. The highest BCUT2D eigenvalue weighted by Gasteiger charge is 2.35. The Morgan fingerprint density at radius 3 is 2.47 bits per heavy atom. The topological polar surface area (TPSA) is 70.7 Å². The average Bonchev–Trinajstić information content (AvgIpc) is 2.70. The Labute approximate surface area is 105 Å².